The third-order valence-corrected chi connectivity index (χ3v) is 7.12. The van der Waals surface area contributed by atoms with Gasteiger partial charge in [-0.25, -0.2) is 0 Å². The summed E-state index contributed by atoms with van der Waals surface area (Å²) in [7, 11) is 0. The lowest BCUT2D eigenvalue weighted by Gasteiger charge is -2.39. The number of hydrogen-bond donors (Lipinski definition) is 1. The van der Waals surface area contributed by atoms with E-state index in [0.29, 0.717) is 4.75 Å². The standard InChI is InChI=1S/C13H22N2OS2/c1-17-13(3-2-4-13)9-14-11-15-12(10-18-11)5-7-16-8-6-12/h2-10H2,1H3,(H,14,15). The van der Waals surface area contributed by atoms with Gasteiger partial charge in [0.05, 0.1) is 12.1 Å². The van der Waals surface area contributed by atoms with Gasteiger partial charge in [0.2, 0.25) is 0 Å². The van der Waals surface area contributed by atoms with E-state index in [2.05, 4.69) is 11.6 Å². The highest BCUT2D eigenvalue weighted by atomic mass is 32.2. The smallest absolute Gasteiger partial charge is 0.157 e. The van der Waals surface area contributed by atoms with E-state index in [4.69, 9.17) is 9.73 Å². The van der Waals surface area contributed by atoms with Gasteiger partial charge in [-0.2, -0.15) is 11.8 Å². The molecule has 2 saturated heterocycles. The summed E-state index contributed by atoms with van der Waals surface area (Å²) in [5, 5.41) is 4.85. The molecule has 1 aliphatic carbocycles. The number of amidine groups is 1. The monoisotopic (exact) mass is 286 g/mol. The number of nitrogens with one attached hydrogen (secondary N) is 1. The van der Waals surface area contributed by atoms with Crippen molar-refractivity contribution in [1.82, 2.24) is 5.32 Å². The minimum absolute atomic E-state index is 0.286. The Kier molecular flexibility index (Phi) is 3.83. The van der Waals surface area contributed by atoms with Crippen molar-refractivity contribution < 1.29 is 4.74 Å². The molecular formula is C13H22N2OS2. The maximum Gasteiger partial charge on any atom is 0.157 e. The van der Waals surface area contributed by atoms with Crippen LogP contribution < -0.4 is 5.32 Å². The lowest BCUT2D eigenvalue weighted by Crippen LogP contribution is -2.48. The maximum absolute atomic E-state index is 5.46. The molecule has 0 amide bonds. The molecule has 0 bridgehead atoms. The average Bonchev–Trinajstić information content (AvgIpc) is 2.73. The molecule has 0 atom stereocenters. The highest BCUT2D eigenvalue weighted by Gasteiger charge is 2.40. The molecule has 0 aromatic rings. The quantitative estimate of drug-likeness (QED) is 0.864. The van der Waals surface area contributed by atoms with E-state index in [0.717, 1.165) is 32.6 Å². The normalized spacial score (nSPS) is 31.3. The molecule has 1 saturated carbocycles. The molecule has 2 heterocycles. The topological polar surface area (TPSA) is 33.6 Å². The summed E-state index contributed by atoms with van der Waals surface area (Å²) in [4.78, 5) is 4.84. The van der Waals surface area contributed by atoms with Gasteiger partial charge in [0, 0.05) is 23.7 Å². The first kappa shape index (κ1) is 13.1. The van der Waals surface area contributed by atoms with Gasteiger partial charge in [0.15, 0.2) is 5.17 Å². The minimum Gasteiger partial charge on any atom is -0.381 e. The van der Waals surface area contributed by atoms with Crippen molar-refractivity contribution in [3.8, 4) is 0 Å². The molecule has 0 aromatic carbocycles. The molecule has 3 fully saturated rings. The van der Waals surface area contributed by atoms with Crippen LogP contribution in [0.25, 0.3) is 0 Å². The first-order valence-corrected chi connectivity index (χ1v) is 9.05. The Morgan fingerprint density at radius 1 is 1.33 bits per heavy atom. The number of aliphatic imine (C=N–C) groups is 1. The van der Waals surface area contributed by atoms with Crippen LogP contribution in [0.1, 0.15) is 32.1 Å². The van der Waals surface area contributed by atoms with E-state index < -0.39 is 0 Å². The Labute approximate surface area is 118 Å². The van der Waals surface area contributed by atoms with Crippen LogP contribution in [0.3, 0.4) is 0 Å². The fourth-order valence-electron chi connectivity index (χ4n) is 2.84. The van der Waals surface area contributed by atoms with Crippen molar-refractivity contribution >= 4 is 28.7 Å². The van der Waals surface area contributed by atoms with Crippen molar-refractivity contribution in [3.63, 3.8) is 0 Å². The number of thioether (sulfide) groups is 2. The highest BCUT2D eigenvalue weighted by Crippen LogP contribution is 2.43. The highest BCUT2D eigenvalue weighted by molar-refractivity contribution is 8.14. The second-order valence-electron chi connectivity index (χ2n) is 5.67. The van der Waals surface area contributed by atoms with Gasteiger partial charge >= 0.3 is 0 Å². The molecule has 2 aliphatic heterocycles. The Morgan fingerprint density at radius 2 is 2.11 bits per heavy atom. The average molecular weight is 286 g/mol. The van der Waals surface area contributed by atoms with Crippen LogP contribution in [0.4, 0.5) is 0 Å². The van der Waals surface area contributed by atoms with Gasteiger partial charge in [0.1, 0.15) is 0 Å². The first-order chi connectivity index (χ1) is 8.76. The Balaban J connectivity index is 1.58. The summed E-state index contributed by atoms with van der Waals surface area (Å²) < 4.78 is 5.92. The first-order valence-electron chi connectivity index (χ1n) is 6.84. The zero-order valence-electron chi connectivity index (χ0n) is 11.0. The lowest BCUT2D eigenvalue weighted by atomic mass is 9.84. The van der Waals surface area contributed by atoms with Crippen LogP contribution in [0.2, 0.25) is 0 Å². The van der Waals surface area contributed by atoms with Crippen molar-refractivity contribution in [1.29, 1.82) is 0 Å². The Bertz CT molecular complexity index is 330. The van der Waals surface area contributed by atoms with E-state index in [1.165, 1.54) is 30.2 Å². The summed E-state index contributed by atoms with van der Waals surface area (Å²) in [6.45, 7) is 2.79. The van der Waals surface area contributed by atoms with E-state index in [1.54, 1.807) is 0 Å². The fourth-order valence-corrected chi connectivity index (χ4v) is 4.94. The predicted molar refractivity (Wildman–Crippen MR) is 80.8 cm³/mol. The van der Waals surface area contributed by atoms with Gasteiger partial charge < -0.3 is 10.1 Å². The van der Waals surface area contributed by atoms with E-state index in [1.807, 2.05) is 23.5 Å². The van der Waals surface area contributed by atoms with Crippen LogP contribution >= 0.6 is 23.5 Å². The second kappa shape index (κ2) is 5.25. The molecule has 18 heavy (non-hydrogen) atoms. The second-order valence-corrected chi connectivity index (χ2v) is 7.91. The summed E-state index contributed by atoms with van der Waals surface area (Å²) in [6, 6.07) is 0. The molecule has 3 aliphatic rings. The molecule has 3 nitrogen and oxygen atoms in total. The SMILES string of the molecule is CSC1(CN=C2NC3(CCOCC3)CS2)CCC1. The van der Waals surface area contributed by atoms with Crippen LogP contribution in [-0.4, -0.2) is 47.2 Å². The molecule has 1 spiro atoms. The van der Waals surface area contributed by atoms with Gasteiger partial charge in [-0.05, 0) is 31.9 Å². The van der Waals surface area contributed by atoms with Crippen molar-refractivity contribution in [2.45, 2.75) is 42.4 Å². The molecule has 0 unspecified atom stereocenters. The van der Waals surface area contributed by atoms with Gasteiger partial charge in [-0.3, -0.25) is 4.99 Å². The molecule has 0 radical (unpaired) electrons. The summed E-state index contributed by atoms with van der Waals surface area (Å²) in [5.74, 6) is 1.17. The lowest BCUT2D eigenvalue weighted by molar-refractivity contribution is 0.0555. The summed E-state index contributed by atoms with van der Waals surface area (Å²) >= 11 is 3.91. The van der Waals surface area contributed by atoms with Gasteiger partial charge in [-0.15, -0.1) is 0 Å². The zero-order chi connectivity index (χ0) is 12.5. The van der Waals surface area contributed by atoms with Crippen LogP contribution in [0.15, 0.2) is 4.99 Å². The number of ether oxygens (including phenoxy) is 1. The summed E-state index contributed by atoms with van der Waals surface area (Å²) in [5.41, 5.74) is 0.286. The third kappa shape index (κ3) is 2.54. The largest absolute Gasteiger partial charge is 0.381 e. The number of nitrogens with zero attached hydrogens (tertiary/aromatic N) is 1. The molecule has 1 N–H and O–H groups in total. The van der Waals surface area contributed by atoms with E-state index in [-0.39, 0.29) is 5.54 Å². The van der Waals surface area contributed by atoms with Gasteiger partial charge in [-0.1, -0.05) is 18.2 Å². The van der Waals surface area contributed by atoms with Crippen LogP contribution in [-0.2, 0) is 4.74 Å². The van der Waals surface area contributed by atoms with Crippen LogP contribution in [0, 0.1) is 0 Å². The Hall–Kier alpha value is 0.130. The molecule has 102 valence electrons. The molecule has 3 rings (SSSR count). The number of rotatable bonds is 3. The minimum atomic E-state index is 0.286. The maximum atomic E-state index is 5.46. The summed E-state index contributed by atoms with van der Waals surface area (Å²) in [6.07, 6.45) is 8.56. The number of hydrogen-bond acceptors (Lipinski definition) is 4. The van der Waals surface area contributed by atoms with Crippen molar-refractivity contribution in [2.24, 2.45) is 4.99 Å². The fraction of sp³-hybridized carbons (Fsp3) is 0.923. The zero-order valence-corrected chi connectivity index (χ0v) is 12.7. The van der Waals surface area contributed by atoms with Crippen molar-refractivity contribution in [3.05, 3.63) is 0 Å². The van der Waals surface area contributed by atoms with E-state index >= 15 is 0 Å². The van der Waals surface area contributed by atoms with Crippen LogP contribution in [0.5, 0.6) is 0 Å². The third-order valence-electron chi connectivity index (χ3n) is 4.52. The molecule has 5 heteroatoms. The van der Waals surface area contributed by atoms with Gasteiger partial charge in [0.25, 0.3) is 0 Å². The predicted octanol–water partition coefficient (Wildman–Crippen LogP) is 2.51. The molecule has 0 aromatic heterocycles. The van der Waals surface area contributed by atoms with Crippen molar-refractivity contribution in [2.75, 3.05) is 31.8 Å². The Morgan fingerprint density at radius 3 is 2.72 bits per heavy atom. The van der Waals surface area contributed by atoms with E-state index in [9.17, 15) is 0 Å². The molecular weight excluding hydrogens is 264 g/mol.